The fraction of sp³-hybridized carbons (Fsp3) is 0.133. The second kappa shape index (κ2) is 5.76. The average molecular weight is 284 g/mol. The number of carbonyl (C=O) groups is 2. The molecule has 0 aromatic heterocycles. The van der Waals surface area contributed by atoms with E-state index >= 15 is 0 Å². The Labute approximate surface area is 121 Å². The summed E-state index contributed by atoms with van der Waals surface area (Å²) in [5, 5.41) is 10.5. The quantitative estimate of drug-likeness (QED) is 0.638. The molecule has 0 aliphatic carbocycles. The monoisotopic (exact) mass is 284 g/mol. The van der Waals surface area contributed by atoms with Crippen LogP contribution in [0.3, 0.4) is 0 Å². The smallest absolute Gasteiger partial charge is 0.181 e. The molecular formula is C15H12N2O2S. The zero-order valence-corrected chi connectivity index (χ0v) is 11.9. The lowest BCUT2D eigenvalue weighted by Crippen LogP contribution is -2.13. The summed E-state index contributed by atoms with van der Waals surface area (Å²) < 4.78 is 0. The zero-order chi connectivity index (χ0) is 14.7. The molecule has 0 bridgehead atoms. The first-order valence-electron chi connectivity index (χ1n) is 5.86. The molecule has 0 heterocycles. The number of nitrogens with zero attached hydrogens (tertiary/aromatic N) is 2. The van der Waals surface area contributed by atoms with Gasteiger partial charge in [0.15, 0.2) is 11.9 Å². The van der Waals surface area contributed by atoms with Gasteiger partial charge in [0.1, 0.15) is 0 Å². The highest BCUT2D eigenvalue weighted by molar-refractivity contribution is 8.12. The molecule has 0 radical (unpaired) electrons. The molecule has 2 rings (SSSR count). The second-order valence-electron chi connectivity index (χ2n) is 4.41. The number of anilines is 1. The molecule has 0 saturated heterocycles. The van der Waals surface area contributed by atoms with Crippen LogP contribution in [0.5, 0.6) is 0 Å². The fourth-order valence-corrected chi connectivity index (χ4v) is 2.89. The van der Waals surface area contributed by atoms with Gasteiger partial charge in [-0.3, -0.25) is 9.59 Å². The Bertz CT molecular complexity index is 733. The molecule has 20 heavy (non-hydrogen) atoms. The molecule has 0 aliphatic rings. The summed E-state index contributed by atoms with van der Waals surface area (Å²) in [6, 6.07) is 9.07. The predicted octanol–water partition coefficient (Wildman–Crippen LogP) is 2.87. The van der Waals surface area contributed by atoms with Crippen LogP contribution in [0.15, 0.2) is 29.2 Å². The Morgan fingerprint density at radius 3 is 2.55 bits per heavy atom. The van der Waals surface area contributed by atoms with Crippen molar-refractivity contribution in [2.24, 2.45) is 0 Å². The van der Waals surface area contributed by atoms with E-state index in [2.05, 4.69) is 6.07 Å². The van der Waals surface area contributed by atoms with Gasteiger partial charge in [0.05, 0.1) is 17.3 Å². The van der Waals surface area contributed by atoms with Gasteiger partial charge in [0, 0.05) is 24.6 Å². The van der Waals surface area contributed by atoms with Crippen molar-refractivity contribution in [2.75, 3.05) is 19.0 Å². The van der Waals surface area contributed by atoms with E-state index in [1.807, 2.05) is 25.1 Å². The summed E-state index contributed by atoms with van der Waals surface area (Å²) in [7, 11) is 3.65. The van der Waals surface area contributed by atoms with E-state index in [1.165, 1.54) is 0 Å². The number of nitriles is 1. The molecule has 5 heteroatoms. The lowest BCUT2D eigenvalue weighted by Gasteiger charge is -2.20. The first-order valence-corrected chi connectivity index (χ1v) is 6.74. The number of benzene rings is 2. The summed E-state index contributed by atoms with van der Waals surface area (Å²) in [5.74, 6) is 0. The molecule has 0 saturated carbocycles. The minimum absolute atomic E-state index is 0.522. The normalized spacial score (nSPS) is 10.1. The average Bonchev–Trinajstić information content (AvgIpc) is 2.45. The number of aldehydes is 1. The van der Waals surface area contributed by atoms with E-state index in [0.717, 1.165) is 34.4 Å². The van der Waals surface area contributed by atoms with Crippen LogP contribution in [0.1, 0.15) is 15.9 Å². The fourth-order valence-electron chi connectivity index (χ4n) is 2.19. The molecule has 0 amide bonds. The predicted molar refractivity (Wildman–Crippen MR) is 81.0 cm³/mol. The van der Waals surface area contributed by atoms with Crippen LogP contribution < -0.4 is 4.90 Å². The molecule has 0 unspecified atom stereocenters. The summed E-state index contributed by atoms with van der Waals surface area (Å²) in [5.41, 5.74) is 2.50. The Kier molecular flexibility index (Phi) is 4.06. The third kappa shape index (κ3) is 2.38. The minimum atomic E-state index is 0.522. The van der Waals surface area contributed by atoms with E-state index < -0.39 is 0 Å². The molecule has 100 valence electrons. The third-order valence-electron chi connectivity index (χ3n) is 2.99. The summed E-state index contributed by atoms with van der Waals surface area (Å²) >= 11 is 1.02. The third-order valence-corrected chi connectivity index (χ3v) is 3.65. The van der Waals surface area contributed by atoms with Crippen molar-refractivity contribution in [1.29, 1.82) is 5.26 Å². The highest BCUT2D eigenvalue weighted by atomic mass is 32.2. The Balaban J connectivity index is 2.88. The maximum absolute atomic E-state index is 11.5. The maximum Gasteiger partial charge on any atom is 0.181 e. The summed E-state index contributed by atoms with van der Waals surface area (Å²) in [4.78, 5) is 24.8. The van der Waals surface area contributed by atoms with E-state index in [-0.39, 0.29) is 0 Å². The van der Waals surface area contributed by atoms with Gasteiger partial charge in [0.2, 0.25) is 0 Å². The van der Waals surface area contributed by atoms with Crippen molar-refractivity contribution in [1.82, 2.24) is 0 Å². The number of hydrogen-bond donors (Lipinski definition) is 0. The Hall–Kier alpha value is -2.32. The van der Waals surface area contributed by atoms with Crippen molar-refractivity contribution < 1.29 is 9.59 Å². The number of thioether (sulfide) groups is 1. The van der Waals surface area contributed by atoms with Crippen LogP contribution in [0.25, 0.3) is 10.8 Å². The Morgan fingerprint density at radius 2 is 2.00 bits per heavy atom. The van der Waals surface area contributed by atoms with Gasteiger partial charge in [-0.15, -0.1) is 0 Å². The van der Waals surface area contributed by atoms with Crippen molar-refractivity contribution in [2.45, 2.75) is 4.90 Å². The van der Waals surface area contributed by atoms with Crippen LogP contribution in [-0.2, 0) is 4.79 Å². The lowest BCUT2D eigenvalue weighted by atomic mass is 10.0. The van der Waals surface area contributed by atoms with Crippen LogP contribution in [0.2, 0.25) is 0 Å². The lowest BCUT2D eigenvalue weighted by molar-refractivity contribution is 0.112. The van der Waals surface area contributed by atoms with Gasteiger partial charge in [-0.1, -0.05) is 17.8 Å². The first kappa shape index (κ1) is 14.1. The van der Waals surface area contributed by atoms with Gasteiger partial charge in [0.25, 0.3) is 0 Å². The van der Waals surface area contributed by atoms with Crippen molar-refractivity contribution in [3.63, 3.8) is 0 Å². The Morgan fingerprint density at radius 1 is 1.25 bits per heavy atom. The number of carbonyl (C=O) groups excluding carboxylic acids is 2. The first-order chi connectivity index (χ1) is 9.62. The van der Waals surface area contributed by atoms with Gasteiger partial charge in [-0.05, 0) is 29.0 Å². The highest BCUT2D eigenvalue weighted by Gasteiger charge is 2.15. The van der Waals surface area contributed by atoms with Crippen molar-refractivity contribution in [3.05, 3.63) is 35.4 Å². The van der Waals surface area contributed by atoms with Gasteiger partial charge in [-0.25, -0.2) is 0 Å². The van der Waals surface area contributed by atoms with Crippen molar-refractivity contribution >= 4 is 40.1 Å². The van der Waals surface area contributed by atoms with E-state index in [9.17, 15) is 9.59 Å². The second-order valence-corrected chi connectivity index (χ2v) is 5.28. The van der Waals surface area contributed by atoms with E-state index in [1.54, 1.807) is 18.2 Å². The summed E-state index contributed by atoms with van der Waals surface area (Å²) in [6.45, 7) is 0. The van der Waals surface area contributed by atoms with Gasteiger partial charge < -0.3 is 4.90 Å². The molecule has 0 fully saturated rings. The molecule has 2 aromatic carbocycles. The zero-order valence-electron chi connectivity index (χ0n) is 11.1. The molecule has 0 spiro atoms. The molecule has 4 nitrogen and oxygen atoms in total. The standard InChI is InChI=1S/C15H12N2O2S/c1-17(2)15-13(8-18)12-4-3-10(7-16)5-11(12)6-14(15)20-9-19/h3-6,8-9H,1-2H3. The number of hydrogen-bond acceptors (Lipinski definition) is 5. The topological polar surface area (TPSA) is 61.2 Å². The SMILES string of the molecule is CN(C)c1c(SC=O)cc2cc(C#N)ccc2c1C=O. The minimum Gasteiger partial charge on any atom is -0.376 e. The molecule has 0 N–H and O–H groups in total. The molecule has 0 atom stereocenters. The van der Waals surface area contributed by atoms with Crippen LogP contribution in [0, 0.1) is 11.3 Å². The van der Waals surface area contributed by atoms with E-state index in [4.69, 9.17) is 5.26 Å². The van der Waals surface area contributed by atoms with E-state index in [0.29, 0.717) is 21.7 Å². The molecular weight excluding hydrogens is 272 g/mol. The summed E-state index contributed by atoms with van der Waals surface area (Å²) in [6.07, 6.45) is 0.790. The molecule has 2 aromatic rings. The molecule has 0 aliphatic heterocycles. The largest absolute Gasteiger partial charge is 0.376 e. The van der Waals surface area contributed by atoms with Crippen molar-refractivity contribution in [3.8, 4) is 6.07 Å². The highest BCUT2D eigenvalue weighted by Crippen LogP contribution is 2.36. The van der Waals surface area contributed by atoms with Crippen LogP contribution >= 0.6 is 11.8 Å². The van der Waals surface area contributed by atoms with Gasteiger partial charge >= 0.3 is 0 Å². The number of fused-ring (bicyclic) bond motifs is 1. The van der Waals surface area contributed by atoms with Crippen LogP contribution in [0.4, 0.5) is 5.69 Å². The maximum atomic E-state index is 11.5. The van der Waals surface area contributed by atoms with Gasteiger partial charge in [-0.2, -0.15) is 5.26 Å². The van der Waals surface area contributed by atoms with Crippen LogP contribution in [-0.4, -0.2) is 26.0 Å². The number of rotatable bonds is 4.